The number of thiophene rings is 2. The average molecular weight is 580 g/mol. The van der Waals surface area contributed by atoms with Gasteiger partial charge in [0, 0.05) is 16.2 Å². The Morgan fingerprint density at radius 2 is 1.87 bits per heavy atom. The van der Waals surface area contributed by atoms with Crippen LogP contribution in [0.15, 0.2) is 17.5 Å². The number of amides is 2. The van der Waals surface area contributed by atoms with Crippen LogP contribution in [0.3, 0.4) is 0 Å². The lowest BCUT2D eigenvalue weighted by atomic mass is 10.1. The van der Waals surface area contributed by atoms with E-state index in [2.05, 4.69) is 21.5 Å². The molecule has 0 saturated heterocycles. The van der Waals surface area contributed by atoms with E-state index in [1.165, 1.54) is 29.8 Å². The third-order valence-electron chi connectivity index (χ3n) is 5.04. The van der Waals surface area contributed by atoms with Crippen molar-refractivity contribution < 1.29 is 23.5 Å². The summed E-state index contributed by atoms with van der Waals surface area (Å²) in [6.07, 6.45) is -2.30. The Labute approximate surface area is 235 Å². The zero-order valence-electron chi connectivity index (χ0n) is 22.9. The normalized spacial score (nSPS) is 13.4. The number of halogens is 1. The number of alkyl halides is 1. The van der Waals surface area contributed by atoms with Gasteiger partial charge >= 0.3 is 12.2 Å². The molecule has 0 bridgehead atoms. The van der Waals surface area contributed by atoms with E-state index in [0.717, 1.165) is 14.5 Å². The lowest BCUT2D eigenvalue weighted by molar-refractivity contribution is 0.0477. The molecule has 0 spiro atoms. The highest BCUT2D eigenvalue weighted by atomic mass is 32.1. The summed E-state index contributed by atoms with van der Waals surface area (Å²) in [5.41, 5.74) is -0.0510. The number of nitrogens with one attached hydrogen (secondary N) is 1. The fourth-order valence-electron chi connectivity index (χ4n) is 3.48. The molecule has 11 heteroatoms. The van der Waals surface area contributed by atoms with E-state index in [0.29, 0.717) is 22.6 Å². The molecule has 206 valence electrons. The van der Waals surface area contributed by atoms with Crippen LogP contribution in [0.4, 0.5) is 19.0 Å². The van der Waals surface area contributed by atoms with Crippen molar-refractivity contribution in [2.75, 3.05) is 4.90 Å². The van der Waals surface area contributed by atoms with Crippen molar-refractivity contribution in [2.45, 2.75) is 91.8 Å². The van der Waals surface area contributed by atoms with Crippen LogP contribution < -0.4 is 10.2 Å². The molecule has 0 saturated carbocycles. The predicted molar refractivity (Wildman–Crippen MR) is 154 cm³/mol. The third-order valence-corrected chi connectivity index (χ3v) is 8.11. The summed E-state index contributed by atoms with van der Waals surface area (Å²) in [5, 5.41) is 5.26. The predicted octanol–water partition coefficient (Wildman–Crippen LogP) is 7.53. The van der Waals surface area contributed by atoms with Gasteiger partial charge in [0.05, 0.1) is 22.8 Å². The summed E-state index contributed by atoms with van der Waals surface area (Å²) >= 11 is 4.15. The Balaban J connectivity index is 2.01. The van der Waals surface area contributed by atoms with E-state index in [-0.39, 0.29) is 6.42 Å². The van der Waals surface area contributed by atoms with E-state index in [9.17, 15) is 14.0 Å². The Kier molecular flexibility index (Phi) is 9.44. The van der Waals surface area contributed by atoms with Crippen molar-refractivity contribution >= 4 is 61.6 Å². The number of nitrogens with zero attached hydrogens (tertiary/aromatic N) is 2. The zero-order valence-corrected chi connectivity index (χ0v) is 25.4. The highest BCUT2D eigenvalue weighted by Gasteiger charge is 2.31. The maximum Gasteiger partial charge on any atom is 0.415 e. The van der Waals surface area contributed by atoms with Gasteiger partial charge in [-0.1, -0.05) is 12.0 Å². The number of ether oxygens (including phenoxy) is 2. The minimum Gasteiger partial charge on any atom is -0.444 e. The van der Waals surface area contributed by atoms with Crippen molar-refractivity contribution in [2.24, 2.45) is 0 Å². The van der Waals surface area contributed by atoms with Crippen LogP contribution in [-0.4, -0.2) is 40.0 Å². The van der Waals surface area contributed by atoms with Crippen LogP contribution in [0.25, 0.3) is 10.2 Å². The monoisotopic (exact) mass is 579 g/mol. The van der Waals surface area contributed by atoms with E-state index in [1.54, 1.807) is 43.9 Å². The van der Waals surface area contributed by atoms with Gasteiger partial charge in [-0.3, -0.25) is 4.90 Å². The SMILES string of the molecule is CC#Cc1c(CC(NC(=O)OC(C)(C)C)C(C)F)sc2c(N(Cc3cccs3)C(=O)OC(C)(C)C)snc12. The van der Waals surface area contributed by atoms with Crippen molar-refractivity contribution in [1.29, 1.82) is 0 Å². The summed E-state index contributed by atoms with van der Waals surface area (Å²) < 4.78 is 31.1. The molecule has 3 heterocycles. The first-order valence-corrected chi connectivity index (χ1v) is 14.7. The first kappa shape index (κ1) is 29.9. The standard InChI is InChI=1S/C27H34FN3O4S3/c1-9-11-18-20(14-19(16(2)28)29-24(32)34-26(3,4)5)37-22-21(18)30-38-23(22)31(15-17-12-10-13-36-17)25(33)35-27(6,7)8/h10,12-13,16,19H,14-15H2,1-8H3,(H,29,32). The zero-order chi connectivity index (χ0) is 28.3. The molecule has 2 atom stereocenters. The number of fused-ring (bicyclic) bond motifs is 1. The van der Waals surface area contributed by atoms with Gasteiger partial charge in [-0.15, -0.1) is 28.6 Å². The van der Waals surface area contributed by atoms with Gasteiger partial charge in [0.15, 0.2) is 0 Å². The van der Waals surface area contributed by atoms with Crippen LogP contribution in [-0.2, 0) is 22.4 Å². The second-order valence-electron chi connectivity index (χ2n) is 10.7. The molecule has 38 heavy (non-hydrogen) atoms. The summed E-state index contributed by atoms with van der Waals surface area (Å²) in [5.74, 6) is 6.02. The van der Waals surface area contributed by atoms with Crippen LogP contribution in [0.1, 0.15) is 70.7 Å². The Morgan fingerprint density at radius 3 is 2.42 bits per heavy atom. The molecule has 1 N–H and O–H groups in total. The maximum absolute atomic E-state index is 14.6. The molecular formula is C27H34FN3O4S3. The van der Waals surface area contributed by atoms with E-state index in [1.807, 2.05) is 38.3 Å². The number of aromatic nitrogens is 1. The molecule has 0 radical (unpaired) electrons. The fourth-order valence-corrected chi connectivity index (χ4v) is 6.45. The summed E-state index contributed by atoms with van der Waals surface area (Å²) in [7, 11) is 0. The Morgan fingerprint density at radius 1 is 1.18 bits per heavy atom. The van der Waals surface area contributed by atoms with Gasteiger partial charge in [-0.2, -0.15) is 4.37 Å². The number of alkyl carbamates (subject to hydrolysis) is 1. The molecule has 3 rings (SSSR count). The van der Waals surface area contributed by atoms with Crippen LogP contribution in [0.5, 0.6) is 0 Å². The molecule has 0 aliphatic carbocycles. The average Bonchev–Trinajstić information content (AvgIpc) is 3.48. The second kappa shape index (κ2) is 12.0. The molecule has 7 nitrogen and oxygen atoms in total. The smallest absolute Gasteiger partial charge is 0.415 e. The molecular weight excluding hydrogens is 546 g/mol. The van der Waals surface area contributed by atoms with E-state index >= 15 is 0 Å². The molecule has 0 aliphatic rings. The molecule has 0 aliphatic heterocycles. The number of carbonyl (C=O) groups is 2. The topological polar surface area (TPSA) is 80.8 Å². The lowest BCUT2D eigenvalue weighted by Crippen LogP contribution is -2.44. The molecule has 2 unspecified atom stereocenters. The first-order valence-electron chi connectivity index (χ1n) is 12.2. The summed E-state index contributed by atoms with van der Waals surface area (Å²) in [6, 6.07) is 3.07. The number of hydrogen-bond donors (Lipinski definition) is 1. The van der Waals surface area contributed by atoms with Crippen molar-refractivity contribution in [3.05, 3.63) is 32.8 Å². The maximum atomic E-state index is 14.6. The van der Waals surface area contributed by atoms with Gasteiger partial charge in [-0.05, 0) is 78.4 Å². The Bertz CT molecular complexity index is 1320. The van der Waals surface area contributed by atoms with Gasteiger partial charge in [0.2, 0.25) is 0 Å². The summed E-state index contributed by atoms with van der Waals surface area (Å²) in [4.78, 5) is 29.1. The van der Waals surface area contributed by atoms with Crippen LogP contribution >= 0.6 is 34.2 Å². The van der Waals surface area contributed by atoms with Crippen LogP contribution in [0, 0.1) is 11.8 Å². The van der Waals surface area contributed by atoms with E-state index < -0.39 is 35.6 Å². The highest BCUT2D eigenvalue weighted by molar-refractivity contribution is 7.25. The van der Waals surface area contributed by atoms with Gasteiger partial charge in [0.1, 0.15) is 27.9 Å². The third kappa shape index (κ3) is 7.91. The highest BCUT2D eigenvalue weighted by Crippen LogP contribution is 2.42. The minimum absolute atomic E-state index is 0.198. The lowest BCUT2D eigenvalue weighted by Gasteiger charge is -2.26. The molecule has 0 fully saturated rings. The second-order valence-corrected chi connectivity index (χ2v) is 13.6. The largest absolute Gasteiger partial charge is 0.444 e. The van der Waals surface area contributed by atoms with Crippen LogP contribution in [0.2, 0.25) is 0 Å². The molecule has 2 amide bonds. The van der Waals surface area contributed by atoms with Gasteiger partial charge in [0.25, 0.3) is 0 Å². The van der Waals surface area contributed by atoms with Crippen molar-refractivity contribution in [3.8, 4) is 11.8 Å². The van der Waals surface area contributed by atoms with Gasteiger partial charge in [-0.25, -0.2) is 14.0 Å². The minimum atomic E-state index is -1.34. The molecule has 3 aromatic rings. The van der Waals surface area contributed by atoms with E-state index in [4.69, 9.17) is 9.47 Å². The molecule has 3 aromatic heterocycles. The quantitative estimate of drug-likeness (QED) is 0.293. The fraction of sp³-hybridized carbons (Fsp3) is 0.519. The molecule has 0 aromatic carbocycles. The number of carbonyl (C=O) groups excluding carboxylic acids is 2. The number of anilines is 1. The summed E-state index contributed by atoms with van der Waals surface area (Å²) in [6.45, 7) is 14.2. The number of hydrogen-bond acceptors (Lipinski definition) is 8. The van der Waals surface area contributed by atoms with Crippen molar-refractivity contribution in [1.82, 2.24) is 9.69 Å². The Hall–Kier alpha value is -2.68. The first-order chi connectivity index (χ1) is 17.7. The van der Waals surface area contributed by atoms with Gasteiger partial charge < -0.3 is 14.8 Å². The number of rotatable bonds is 7. The van der Waals surface area contributed by atoms with Crippen molar-refractivity contribution in [3.63, 3.8) is 0 Å².